The highest BCUT2D eigenvalue weighted by Gasteiger charge is 2.11. The second kappa shape index (κ2) is 3.90. The number of primary amides is 1. The molecule has 7 nitrogen and oxygen atoms in total. The normalized spacial score (nSPS) is 11.2. The third kappa shape index (κ3) is 2.65. The van der Waals surface area contributed by atoms with E-state index in [0.29, 0.717) is 0 Å². The van der Waals surface area contributed by atoms with Crippen LogP contribution in [0.3, 0.4) is 0 Å². The minimum Gasteiger partial charge on any atom is -0.364 e. The minimum absolute atomic E-state index is 0.0313. The Bertz CT molecular complexity index is 438. The van der Waals surface area contributed by atoms with E-state index in [1.165, 1.54) is 12.4 Å². The van der Waals surface area contributed by atoms with Gasteiger partial charge in [-0.05, 0) is 0 Å². The van der Waals surface area contributed by atoms with Gasteiger partial charge in [-0.1, -0.05) is 0 Å². The number of aromatic nitrogens is 1. The van der Waals surface area contributed by atoms with Crippen LogP contribution in [0, 0.1) is 0 Å². The number of hydrogen-bond donors (Lipinski definition) is 3. The number of rotatable bonds is 4. The molecule has 0 fully saturated rings. The van der Waals surface area contributed by atoms with Gasteiger partial charge in [0.2, 0.25) is 0 Å². The fourth-order valence-corrected chi connectivity index (χ4v) is 2.04. The fraction of sp³-hybridized carbons (Fsp3) is 0.200. The highest BCUT2D eigenvalue weighted by atomic mass is 32.2. The quantitative estimate of drug-likeness (QED) is 0.629. The Balaban J connectivity index is 2.84. The van der Waals surface area contributed by atoms with Gasteiger partial charge < -0.3 is 5.73 Å². The van der Waals surface area contributed by atoms with Gasteiger partial charge in [0, 0.05) is 12.4 Å². The van der Waals surface area contributed by atoms with Crippen LogP contribution in [0.1, 0.15) is 10.5 Å². The van der Waals surface area contributed by atoms with Crippen molar-refractivity contribution in [1.29, 1.82) is 0 Å². The van der Waals surface area contributed by atoms with Crippen molar-refractivity contribution in [2.75, 3.05) is 11.8 Å². The van der Waals surface area contributed by atoms with E-state index in [1.54, 1.807) is 0 Å². The molecular formula is C5H8N4O3S2. The smallest absolute Gasteiger partial charge is 0.300 e. The summed E-state index contributed by atoms with van der Waals surface area (Å²) in [6.07, 6.45) is 0. The van der Waals surface area contributed by atoms with Crippen LogP contribution in [0.4, 0.5) is 5.13 Å². The Morgan fingerprint density at radius 2 is 2.29 bits per heavy atom. The van der Waals surface area contributed by atoms with Gasteiger partial charge in [0.05, 0.1) is 0 Å². The summed E-state index contributed by atoms with van der Waals surface area (Å²) in [6.45, 7) is 0. The van der Waals surface area contributed by atoms with Gasteiger partial charge in [-0.3, -0.25) is 4.79 Å². The molecule has 0 radical (unpaired) electrons. The average molecular weight is 236 g/mol. The third-order valence-electron chi connectivity index (χ3n) is 1.25. The lowest BCUT2D eigenvalue weighted by Crippen LogP contribution is -2.26. The molecule has 0 bridgehead atoms. The van der Waals surface area contributed by atoms with Crippen LogP contribution in [0.15, 0.2) is 5.38 Å². The molecule has 0 atom stereocenters. The van der Waals surface area contributed by atoms with Crippen LogP contribution in [-0.4, -0.2) is 26.4 Å². The number of hydrogen-bond acceptors (Lipinski definition) is 5. The molecule has 78 valence electrons. The summed E-state index contributed by atoms with van der Waals surface area (Å²) >= 11 is 0.978. The van der Waals surface area contributed by atoms with E-state index < -0.39 is 16.1 Å². The molecule has 0 saturated carbocycles. The maximum Gasteiger partial charge on any atom is 0.300 e. The first-order valence-electron chi connectivity index (χ1n) is 3.41. The first-order valence-corrected chi connectivity index (χ1v) is 5.77. The summed E-state index contributed by atoms with van der Waals surface area (Å²) in [5, 5.41) is 1.46. The van der Waals surface area contributed by atoms with Crippen LogP contribution in [0.5, 0.6) is 0 Å². The van der Waals surface area contributed by atoms with Crippen molar-refractivity contribution in [3.05, 3.63) is 11.1 Å². The van der Waals surface area contributed by atoms with Crippen LogP contribution in [-0.2, 0) is 10.2 Å². The molecule has 1 amide bonds. The second-order valence-electron chi connectivity index (χ2n) is 2.21. The molecule has 14 heavy (non-hydrogen) atoms. The monoisotopic (exact) mass is 236 g/mol. The predicted octanol–water partition coefficient (Wildman–Crippen LogP) is -0.882. The van der Waals surface area contributed by atoms with Crippen molar-refractivity contribution in [3.8, 4) is 0 Å². The first-order chi connectivity index (χ1) is 6.44. The van der Waals surface area contributed by atoms with Crippen LogP contribution in [0.2, 0.25) is 0 Å². The Kier molecular flexibility index (Phi) is 3.03. The van der Waals surface area contributed by atoms with Gasteiger partial charge >= 0.3 is 10.2 Å². The Labute approximate surface area is 84.5 Å². The molecule has 0 unspecified atom stereocenters. The SMILES string of the molecule is CNS(=O)(=O)Nc1nc(C(N)=O)cs1. The molecule has 1 rings (SSSR count). The van der Waals surface area contributed by atoms with Crippen molar-refractivity contribution in [3.63, 3.8) is 0 Å². The van der Waals surface area contributed by atoms with E-state index in [1.807, 2.05) is 4.72 Å². The summed E-state index contributed by atoms with van der Waals surface area (Å²) in [7, 11) is -2.33. The van der Waals surface area contributed by atoms with Crippen LogP contribution >= 0.6 is 11.3 Å². The van der Waals surface area contributed by atoms with Gasteiger partial charge in [-0.25, -0.2) is 14.4 Å². The van der Waals surface area contributed by atoms with Crippen LogP contribution in [0.25, 0.3) is 0 Å². The van der Waals surface area contributed by atoms with E-state index in [-0.39, 0.29) is 10.8 Å². The van der Waals surface area contributed by atoms with Crippen molar-refractivity contribution in [2.45, 2.75) is 0 Å². The molecule has 1 heterocycles. The molecule has 0 saturated heterocycles. The maximum atomic E-state index is 11.0. The zero-order valence-electron chi connectivity index (χ0n) is 7.14. The van der Waals surface area contributed by atoms with Crippen molar-refractivity contribution >= 4 is 32.6 Å². The molecule has 9 heteroatoms. The number of thiazole rings is 1. The molecule has 0 aliphatic rings. The Morgan fingerprint density at radius 1 is 1.64 bits per heavy atom. The minimum atomic E-state index is -3.59. The predicted molar refractivity (Wildman–Crippen MR) is 52.2 cm³/mol. The summed E-state index contributed by atoms with van der Waals surface area (Å²) < 4.78 is 26.1. The fourth-order valence-electron chi connectivity index (χ4n) is 0.600. The number of carbonyl (C=O) groups is 1. The van der Waals surface area contributed by atoms with E-state index >= 15 is 0 Å². The summed E-state index contributed by atoms with van der Waals surface area (Å²) in [5.41, 5.74) is 4.97. The van der Waals surface area contributed by atoms with Gasteiger partial charge in [-0.2, -0.15) is 8.42 Å². The zero-order chi connectivity index (χ0) is 10.8. The molecule has 0 aliphatic carbocycles. The van der Waals surface area contributed by atoms with E-state index in [4.69, 9.17) is 5.73 Å². The van der Waals surface area contributed by atoms with Crippen molar-refractivity contribution in [2.24, 2.45) is 5.73 Å². The summed E-state index contributed by atoms with van der Waals surface area (Å²) in [5.74, 6) is -0.698. The van der Waals surface area contributed by atoms with Crippen LogP contribution < -0.4 is 15.2 Å². The average Bonchev–Trinajstić information content (AvgIpc) is 2.52. The zero-order valence-corrected chi connectivity index (χ0v) is 8.78. The molecule has 0 spiro atoms. The standard InChI is InChI=1S/C5H8N4O3S2/c1-7-14(11,12)9-5-8-3(2-13-5)4(6)10/h2,7H,1H3,(H2,6,10)(H,8,9). The topological polar surface area (TPSA) is 114 Å². The largest absolute Gasteiger partial charge is 0.364 e. The molecule has 0 aromatic carbocycles. The van der Waals surface area contributed by atoms with Crippen molar-refractivity contribution < 1.29 is 13.2 Å². The maximum absolute atomic E-state index is 11.0. The number of anilines is 1. The molecular weight excluding hydrogens is 228 g/mol. The first kappa shape index (κ1) is 10.9. The molecule has 1 aromatic rings. The number of nitrogens with zero attached hydrogens (tertiary/aromatic N) is 1. The lowest BCUT2D eigenvalue weighted by atomic mass is 10.5. The lowest BCUT2D eigenvalue weighted by molar-refractivity contribution is 0.0996. The second-order valence-corrected chi connectivity index (χ2v) is 4.69. The molecule has 0 aliphatic heterocycles. The van der Waals surface area contributed by atoms with Gasteiger partial charge in [0.25, 0.3) is 5.91 Å². The van der Waals surface area contributed by atoms with E-state index in [9.17, 15) is 13.2 Å². The number of nitrogens with one attached hydrogen (secondary N) is 2. The lowest BCUT2D eigenvalue weighted by Gasteiger charge is -2.00. The van der Waals surface area contributed by atoms with Gasteiger partial charge in [-0.15, -0.1) is 11.3 Å². The molecule has 4 N–H and O–H groups in total. The molecule has 1 aromatic heterocycles. The summed E-state index contributed by atoms with van der Waals surface area (Å²) in [6, 6.07) is 0. The van der Waals surface area contributed by atoms with E-state index in [0.717, 1.165) is 11.3 Å². The van der Waals surface area contributed by atoms with E-state index in [2.05, 4.69) is 9.71 Å². The van der Waals surface area contributed by atoms with Gasteiger partial charge in [0.15, 0.2) is 5.13 Å². The Hall–Kier alpha value is -1.19. The summed E-state index contributed by atoms with van der Waals surface area (Å²) in [4.78, 5) is 14.3. The highest BCUT2D eigenvalue weighted by Crippen LogP contribution is 2.15. The van der Waals surface area contributed by atoms with Crippen molar-refractivity contribution in [1.82, 2.24) is 9.71 Å². The number of carbonyl (C=O) groups excluding carboxylic acids is 1. The number of nitrogens with two attached hydrogens (primary N) is 1. The number of amides is 1. The highest BCUT2D eigenvalue weighted by molar-refractivity contribution is 7.91. The van der Waals surface area contributed by atoms with Gasteiger partial charge in [0.1, 0.15) is 5.69 Å². The third-order valence-corrected chi connectivity index (χ3v) is 3.13. The Morgan fingerprint density at radius 3 is 2.71 bits per heavy atom.